The number of hydrogen-bond acceptors (Lipinski definition) is 6. The van der Waals surface area contributed by atoms with Gasteiger partial charge in [0.25, 0.3) is 0 Å². The van der Waals surface area contributed by atoms with Crippen molar-refractivity contribution in [2.45, 2.75) is 13.0 Å². The van der Waals surface area contributed by atoms with Crippen molar-refractivity contribution in [2.24, 2.45) is 0 Å². The molecule has 4 aromatic rings. The van der Waals surface area contributed by atoms with Crippen LogP contribution in [0.4, 0.5) is 10.2 Å². The van der Waals surface area contributed by atoms with E-state index in [-0.39, 0.29) is 12.6 Å². The van der Waals surface area contributed by atoms with E-state index in [0.717, 1.165) is 39.2 Å². The second kappa shape index (κ2) is 8.04. The average molecular weight is 402 g/mol. The maximum Gasteiger partial charge on any atom is 0.189 e. The molecule has 0 aliphatic carbocycles. The highest BCUT2D eigenvalue weighted by Gasteiger charge is 2.17. The van der Waals surface area contributed by atoms with Crippen LogP contribution in [0.3, 0.4) is 0 Å². The Morgan fingerprint density at radius 1 is 1.03 bits per heavy atom. The first-order chi connectivity index (χ1) is 14.8. The van der Waals surface area contributed by atoms with Gasteiger partial charge in [0.1, 0.15) is 17.4 Å². The minimum atomic E-state index is -0.287. The molecule has 0 atom stereocenters. The predicted octanol–water partition coefficient (Wildman–Crippen LogP) is 4.35. The minimum Gasteiger partial charge on any atom is -0.467 e. The molecule has 7 heteroatoms. The number of para-hydroxylation sites is 1. The van der Waals surface area contributed by atoms with E-state index in [2.05, 4.69) is 15.3 Å². The van der Waals surface area contributed by atoms with Gasteiger partial charge in [-0.05, 0) is 48.4 Å². The molecule has 2 aromatic heterocycles. The monoisotopic (exact) mass is 402 g/mol. The molecule has 1 aliphatic rings. The summed E-state index contributed by atoms with van der Waals surface area (Å²) in [6.45, 7) is 1.11. The van der Waals surface area contributed by atoms with Crippen molar-refractivity contribution < 1.29 is 13.9 Å². The smallest absolute Gasteiger partial charge is 0.189 e. The van der Waals surface area contributed by atoms with E-state index in [1.54, 1.807) is 12.4 Å². The van der Waals surface area contributed by atoms with Gasteiger partial charge < -0.3 is 14.8 Å². The molecule has 6 nitrogen and oxygen atoms in total. The zero-order valence-corrected chi connectivity index (χ0v) is 16.1. The molecule has 0 bridgehead atoms. The lowest BCUT2D eigenvalue weighted by molar-refractivity contribution is -0.0172. The number of nitrogens with zero attached hydrogens (tertiary/aromatic N) is 3. The predicted molar refractivity (Wildman–Crippen MR) is 112 cm³/mol. The third kappa shape index (κ3) is 3.67. The number of fused-ring (bicyclic) bond motifs is 2. The number of pyridine rings is 1. The number of anilines is 1. The molecule has 0 spiro atoms. The van der Waals surface area contributed by atoms with Gasteiger partial charge in [0, 0.05) is 35.5 Å². The van der Waals surface area contributed by atoms with E-state index < -0.39 is 0 Å². The molecule has 30 heavy (non-hydrogen) atoms. The highest BCUT2D eigenvalue weighted by Crippen LogP contribution is 2.30. The fourth-order valence-electron chi connectivity index (χ4n) is 3.60. The van der Waals surface area contributed by atoms with E-state index in [0.29, 0.717) is 25.4 Å². The second-order valence-electron chi connectivity index (χ2n) is 6.99. The Morgan fingerprint density at radius 2 is 1.90 bits per heavy atom. The van der Waals surface area contributed by atoms with Crippen LogP contribution >= 0.6 is 0 Å². The van der Waals surface area contributed by atoms with Gasteiger partial charge in [-0.2, -0.15) is 0 Å². The van der Waals surface area contributed by atoms with E-state index in [4.69, 9.17) is 14.5 Å². The average Bonchev–Trinajstić information content (AvgIpc) is 2.79. The van der Waals surface area contributed by atoms with Crippen molar-refractivity contribution in [2.75, 3.05) is 18.7 Å². The summed E-state index contributed by atoms with van der Waals surface area (Å²) in [7, 11) is 0. The van der Waals surface area contributed by atoms with Gasteiger partial charge in [-0.1, -0.05) is 12.1 Å². The summed E-state index contributed by atoms with van der Waals surface area (Å²) >= 11 is 0. The molecule has 0 saturated carbocycles. The summed E-state index contributed by atoms with van der Waals surface area (Å²) in [5.74, 6) is 1.80. The van der Waals surface area contributed by atoms with Gasteiger partial charge in [-0.25, -0.2) is 14.4 Å². The van der Waals surface area contributed by atoms with Gasteiger partial charge in [-0.15, -0.1) is 0 Å². The summed E-state index contributed by atoms with van der Waals surface area (Å²) < 4.78 is 24.9. The van der Waals surface area contributed by atoms with Crippen molar-refractivity contribution in [3.05, 3.63) is 77.9 Å². The Morgan fingerprint density at radius 3 is 2.80 bits per heavy atom. The molecule has 3 heterocycles. The van der Waals surface area contributed by atoms with Crippen molar-refractivity contribution >= 4 is 16.7 Å². The van der Waals surface area contributed by atoms with Crippen LogP contribution in [0, 0.1) is 5.82 Å². The normalized spacial score (nSPS) is 13.0. The Labute approximate surface area is 172 Å². The summed E-state index contributed by atoms with van der Waals surface area (Å²) in [4.78, 5) is 13.5. The zero-order chi connectivity index (χ0) is 20.3. The van der Waals surface area contributed by atoms with Crippen LogP contribution in [0.2, 0.25) is 0 Å². The SMILES string of the molecule is Fc1cc(CCNc2nc(-c3ccncc3)nc3ccccc23)c2c(c1)COCO2. The van der Waals surface area contributed by atoms with E-state index in [9.17, 15) is 4.39 Å². The number of hydrogen-bond donors (Lipinski definition) is 1. The highest BCUT2D eigenvalue weighted by atomic mass is 19.1. The van der Waals surface area contributed by atoms with Crippen LogP contribution in [0.25, 0.3) is 22.3 Å². The quantitative estimate of drug-likeness (QED) is 0.535. The molecule has 1 aliphatic heterocycles. The molecular weight excluding hydrogens is 383 g/mol. The number of aromatic nitrogens is 3. The summed E-state index contributed by atoms with van der Waals surface area (Å²) in [6, 6.07) is 14.6. The van der Waals surface area contributed by atoms with Gasteiger partial charge in [-0.3, -0.25) is 4.98 Å². The van der Waals surface area contributed by atoms with E-state index >= 15 is 0 Å². The van der Waals surface area contributed by atoms with E-state index in [1.165, 1.54) is 12.1 Å². The molecule has 2 aromatic carbocycles. The lowest BCUT2D eigenvalue weighted by Gasteiger charge is -2.21. The van der Waals surface area contributed by atoms with Crippen molar-refractivity contribution in [3.63, 3.8) is 0 Å². The van der Waals surface area contributed by atoms with Crippen molar-refractivity contribution in [1.82, 2.24) is 15.0 Å². The maximum absolute atomic E-state index is 14.0. The molecule has 5 rings (SSSR count). The largest absolute Gasteiger partial charge is 0.467 e. The Bertz CT molecular complexity index is 1200. The Kier molecular flexibility index (Phi) is 4.94. The molecule has 0 saturated heterocycles. The van der Waals surface area contributed by atoms with Crippen LogP contribution in [0.5, 0.6) is 5.75 Å². The molecule has 0 amide bonds. The van der Waals surface area contributed by atoms with Crippen LogP contribution in [0.1, 0.15) is 11.1 Å². The number of nitrogens with one attached hydrogen (secondary N) is 1. The van der Waals surface area contributed by atoms with Gasteiger partial charge in [0.05, 0.1) is 12.1 Å². The first-order valence-corrected chi connectivity index (χ1v) is 9.71. The van der Waals surface area contributed by atoms with Crippen molar-refractivity contribution in [3.8, 4) is 17.1 Å². The minimum absolute atomic E-state index is 0.185. The summed E-state index contributed by atoms with van der Waals surface area (Å²) in [6.07, 6.45) is 4.03. The highest BCUT2D eigenvalue weighted by molar-refractivity contribution is 5.90. The third-order valence-electron chi connectivity index (χ3n) is 4.98. The Balaban J connectivity index is 1.43. The number of halogens is 1. The summed E-state index contributed by atoms with van der Waals surface area (Å²) in [5, 5.41) is 4.33. The zero-order valence-electron chi connectivity index (χ0n) is 16.1. The third-order valence-corrected chi connectivity index (χ3v) is 4.98. The molecule has 1 N–H and O–H groups in total. The molecule has 0 fully saturated rings. The lowest BCUT2D eigenvalue weighted by atomic mass is 10.1. The lowest BCUT2D eigenvalue weighted by Crippen LogP contribution is -2.15. The number of benzene rings is 2. The first kappa shape index (κ1) is 18.4. The number of ether oxygens (including phenoxy) is 2. The van der Waals surface area contributed by atoms with Crippen LogP contribution in [0.15, 0.2) is 60.9 Å². The van der Waals surface area contributed by atoms with Gasteiger partial charge in [0.15, 0.2) is 12.6 Å². The molecular formula is C23H19FN4O2. The fourth-order valence-corrected chi connectivity index (χ4v) is 3.60. The molecule has 150 valence electrons. The van der Waals surface area contributed by atoms with Crippen LogP contribution < -0.4 is 10.1 Å². The Hall–Kier alpha value is -3.58. The van der Waals surface area contributed by atoms with Crippen LogP contribution in [-0.4, -0.2) is 28.3 Å². The topological polar surface area (TPSA) is 69.2 Å². The maximum atomic E-state index is 14.0. The second-order valence-corrected chi connectivity index (χ2v) is 6.99. The van der Waals surface area contributed by atoms with Gasteiger partial charge in [0.2, 0.25) is 0 Å². The van der Waals surface area contributed by atoms with Crippen molar-refractivity contribution in [1.29, 1.82) is 0 Å². The standard InChI is InChI=1S/C23H19FN4O2/c24-18-11-16(21-17(12-18)13-29-14-30-21)7-10-26-23-19-3-1-2-4-20(19)27-22(28-23)15-5-8-25-9-6-15/h1-6,8-9,11-12H,7,10,13-14H2,(H,26,27,28). The molecule has 0 radical (unpaired) electrons. The summed E-state index contributed by atoms with van der Waals surface area (Å²) in [5.41, 5.74) is 3.30. The fraction of sp³-hybridized carbons (Fsp3) is 0.174. The first-order valence-electron chi connectivity index (χ1n) is 9.71. The van der Waals surface area contributed by atoms with Crippen LogP contribution in [-0.2, 0) is 17.8 Å². The van der Waals surface area contributed by atoms with E-state index in [1.807, 2.05) is 36.4 Å². The molecule has 0 unspecified atom stereocenters. The number of rotatable bonds is 5. The van der Waals surface area contributed by atoms with Gasteiger partial charge >= 0.3 is 0 Å².